The third-order valence-electron chi connectivity index (χ3n) is 3.27. The lowest BCUT2D eigenvalue weighted by Gasteiger charge is -2.33. The van der Waals surface area contributed by atoms with Crippen LogP contribution < -0.4 is 10.6 Å². The number of hydrogen-bond acceptors (Lipinski definition) is 4. The number of pyridine rings is 1. The fourth-order valence-electron chi connectivity index (χ4n) is 2.24. The third-order valence-corrected chi connectivity index (χ3v) is 3.27. The van der Waals surface area contributed by atoms with E-state index in [0.29, 0.717) is 25.9 Å². The minimum absolute atomic E-state index is 0.0165. The van der Waals surface area contributed by atoms with E-state index in [1.165, 1.54) is 6.20 Å². The maximum Gasteiger partial charge on any atom is 0.420 e. The maximum atomic E-state index is 13.0. The number of alkyl halides is 3. The Kier molecular flexibility index (Phi) is 3.84. The van der Waals surface area contributed by atoms with Crippen LogP contribution in [-0.4, -0.2) is 31.3 Å². The van der Waals surface area contributed by atoms with Crippen LogP contribution in [-0.2, 0) is 10.9 Å². The van der Waals surface area contributed by atoms with E-state index < -0.39 is 11.7 Å². The Hall–Kier alpha value is -1.50. The molecule has 106 valence electrons. The highest BCUT2D eigenvalue weighted by Gasteiger charge is 2.36. The highest BCUT2D eigenvalue weighted by molar-refractivity contribution is 5.54. The maximum absolute atomic E-state index is 13.0. The number of ether oxygens (including phenoxy) is 1. The van der Waals surface area contributed by atoms with E-state index in [0.717, 1.165) is 6.07 Å². The lowest BCUT2D eigenvalue weighted by molar-refractivity contribution is -0.137. The lowest BCUT2D eigenvalue weighted by atomic mass is 10.1. The summed E-state index contributed by atoms with van der Waals surface area (Å²) in [5, 5.41) is 0. The van der Waals surface area contributed by atoms with Crippen molar-refractivity contribution in [3.8, 4) is 0 Å². The van der Waals surface area contributed by atoms with Gasteiger partial charge < -0.3 is 15.4 Å². The second-order valence-corrected chi connectivity index (χ2v) is 4.56. The highest BCUT2D eigenvalue weighted by atomic mass is 19.4. The van der Waals surface area contributed by atoms with Crippen molar-refractivity contribution < 1.29 is 17.9 Å². The first kappa shape index (κ1) is 13.9. The van der Waals surface area contributed by atoms with Gasteiger partial charge in [-0.3, -0.25) is 0 Å². The van der Waals surface area contributed by atoms with Crippen LogP contribution in [0.3, 0.4) is 0 Å². The molecule has 0 saturated carbocycles. The Balaban J connectivity index is 2.25. The van der Waals surface area contributed by atoms with E-state index >= 15 is 0 Å². The predicted molar refractivity (Wildman–Crippen MR) is 65.9 cm³/mol. The minimum Gasteiger partial charge on any atom is -0.397 e. The molecule has 1 fully saturated rings. The molecule has 1 aromatic rings. The van der Waals surface area contributed by atoms with E-state index in [2.05, 4.69) is 4.98 Å². The molecule has 0 aliphatic carbocycles. The van der Waals surface area contributed by atoms with Crippen LogP contribution in [0.2, 0.25) is 0 Å². The molecule has 0 unspecified atom stereocenters. The van der Waals surface area contributed by atoms with Crippen molar-refractivity contribution in [3.63, 3.8) is 0 Å². The van der Waals surface area contributed by atoms with E-state index in [1.54, 1.807) is 12.0 Å². The Morgan fingerprint density at radius 3 is 2.53 bits per heavy atom. The lowest BCUT2D eigenvalue weighted by Crippen LogP contribution is -2.38. The summed E-state index contributed by atoms with van der Waals surface area (Å²) in [6.07, 6.45) is -1.69. The summed E-state index contributed by atoms with van der Waals surface area (Å²) >= 11 is 0. The molecule has 4 nitrogen and oxygen atoms in total. The van der Waals surface area contributed by atoms with Gasteiger partial charge in [0.05, 0.1) is 18.0 Å². The van der Waals surface area contributed by atoms with E-state index in [9.17, 15) is 13.2 Å². The molecule has 0 aromatic carbocycles. The average molecular weight is 275 g/mol. The molecule has 0 atom stereocenters. The molecule has 1 aromatic heterocycles. The monoisotopic (exact) mass is 275 g/mol. The van der Waals surface area contributed by atoms with Gasteiger partial charge in [-0.05, 0) is 18.9 Å². The molecule has 1 aliphatic heterocycles. The molecule has 1 saturated heterocycles. The Bertz CT molecular complexity index is 442. The molecule has 0 radical (unpaired) electrons. The number of piperidine rings is 1. The van der Waals surface area contributed by atoms with Gasteiger partial charge in [-0.1, -0.05) is 0 Å². The van der Waals surface area contributed by atoms with Crippen LogP contribution in [0.5, 0.6) is 0 Å². The summed E-state index contributed by atoms with van der Waals surface area (Å²) in [4.78, 5) is 5.50. The van der Waals surface area contributed by atoms with Gasteiger partial charge in [0.2, 0.25) is 0 Å². The molecule has 0 spiro atoms. The summed E-state index contributed by atoms with van der Waals surface area (Å²) in [5.41, 5.74) is 4.64. The fraction of sp³-hybridized carbons (Fsp3) is 0.583. The largest absolute Gasteiger partial charge is 0.420 e. The number of nitrogens with zero attached hydrogens (tertiary/aromatic N) is 2. The van der Waals surface area contributed by atoms with E-state index in [4.69, 9.17) is 10.5 Å². The van der Waals surface area contributed by atoms with Crippen molar-refractivity contribution in [1.82, 2.24) is 4.98 Å². The number of methoxy groups -OCH3 is 1. The van der Waals surface area contributed by atoms with Crippen LogP contribution in [0.1, 0.15) is 18.4 Å². The van der Waals surface area contributed by atoms with Crippen LogP contribution in [0.4, 0.5) is 24.7 Å². The number of halogens is 3. The van der Waals surface area contributed by atoms with Gasteiger partial charge in [0.1, 0.15) is 11.4 Å². The molecule has 7 heteroatoms. The van der Waals surface area contributed by atoms with E-state index in [1.807, 2.05) is 0 Å². The highest BCUT2D eigenvalue weighted by Crippen LogP contribution is 2.37. The average Bonchev–Trinajstić information content (AvgIpc) is 2.38. The quantitative estimate of drug-likeness (QED) is 0.899. The Labute approximate surface area is 109 Å². The van der Waals surface area contributed by atoms with Crippen molar-refractivity contribution >= 4 is 11.5 Å². The Morgan fingerprint density at radius 1 is 1.37 bits per heavy atom. The second kappa shape index (κ2) is 5.24. The molecule has 2 heterocycles. The SMILES string of the molecule is COC1CCN(c2ncc(N)cc2C(F)(F)F)CC1. The normalized spacial score (nSPS) is 17.8. The number of nitrogens with two attached hydrogens (primary N) is 1. The fourth-order valence-corrected chi connectivity index (χ4v) is 2.24. The zero-order chi connectivity index (χ0) is 14.0. The number of hydrogen-bond donors (Lipinski definition) is 1. The number of aromatic nitrogens is 1. The van der Waals surface area contributed by atoms with Crippen LogP contribution in [0.15, 0.2) is 12.3 Å². The number of anilines is 2. The standard InChI is InChI=1S/C12H16F3N3O/c1-19-9-2-4-18(5-3-9)11-10(12(13,14)15)6-8(16)7-17-11/h6-7,9H,2-5,16H2,1H3. The van der Waals surface area contributed by atoms with Crippen molar-refractivity contribution in [1.29, 1.82) is 0 Å². The van der Waals surface area contributed by atoms with Gasteiger partial charge in [-0.2, -0.15) is 13.2 Å². The minimum atomic E-state index is -4.45. The summed E-state index contributed by atoms with van der Waals surface area (Å²) < 4.78 is 44.1. The molecule has 2 N–H and O–H groups in total. The first-order valence-corrected chi connectivity index (χ1v) is 6.02. The molecule has 0 bridgehead atoms. The van der Waals surface area contributed by atoms with Crippen LogP contribution in [0.25, 0.3) is 0 Å². The van der Waals surface area contributed by atoms with Crippen LogP contribution in [0, 0.1) is 0 Å². The molecule has 0 amide bonds. The van der Waals surface area contributed by atoms with Crippen molar-refractivity contribution in [2.75, 3.05) is 30.8 Å². The van der Waals surface area contributed by atoms with Crippen molar-refractivity contribution in [3.05, 3.63) is 17.8 Å². The molecule has 1 aliphatic rings. The zero-order valence-corrected chi connectivity index (χ0v) is 10.6. The van der Waals surface area contributed by atoms with E-state index in [-0.39, 0.29) is 17.6 Å². The second-order valence-electron chi connectivity index (χ2n) is 4.56. The zero-order valence-electron chi connectivity index (χ0n) is 10.6. The first-order valence-electron chi connectivity index (χ1n) is 6.02. The summed E-state index contributed by atoms with van der Waals surface area (Å²) in [6, 6.07) is 0.935. The van der Waals surface area contributed by atoms with Gasteiger partial charge in [-0.25, -0.2) is 4.98 Å². The third kappa shape index (κ3) is 3.09. The number of nitrogen functional groups attached to an aromatic ring is 1. The van der Waals surface area contributed by atoms with Gasteiger partial charge in [0.25, 0.3) is 0 Å². The van der Waals surface area contributed by atoms with Gasteiger partial charge in [-0.15, -0.1) is 0 Å². The summed E-state index contributed by atoms with van der Waals surface area (Å²) in [5.74, 6) is -0.0451. The summed E-state index contributed by atoms with van der Waals surface area (Å²) in [6.45, 7) is 0.997. The van der Waals surface area contributed by atoms with Gasteiger partial charge in [0, 0.05) is 20.2 Å². The predicted octanol–water partition coefficient (Wildman–Crippen LogP) is 2.30. The first-order chi connectivity index (χ1) is 8.91. The molecule has 2 rings (SSSR count). The van der Waals surface area contributed by atoms with Crippen LogP contribution >= 0.6 is 0 Å². The van der Waals surface area contributed by atoms with Gasteiger partial charge >= 0.3 is 6.18 Å². The molecular weight excluding hydrogens is 259 g/mol. The summed E-state index contributed by atoms with van der Waals surface area (Å²) in [7, 11) is 1.61. The Morgan fingerprint density at radius 2 is 2.00 bits per heavy atom. The van der Waals surface area contributed by atoms with Crippen molar-refractivity contribution in [2.45, 2.75) is 25.1 Å². The topological polar surface area (TPSA) is 51.4 Å². The molecule has 19 heavy (non-hydrogen) atoms. The van der Waals surface area contributed by atoms with Crippen molar-refractivity contribution in [2.24, 2.45) is 0 Å². The number of rotatable bonds is 2. The smallest absolute Gasteiger partial charge is 0.397 e. The molecular formula is C12H16F3N3O. The van der Waals surface area contributed by atoms with Gasteiger partial charge in [0.15, 0.2) is 0 Å².